The van der Waals surface area contributed by atoms with Gasteiger partial charge < -0.3 is 4.90 Å². The zero-order chi connectivity index (χ0) is 40.8. The van der Waals surface area contributed by atoms with Gasteiger partial charge in [0, 0.05) is 28.4 Å². The van der Waals surface area contributed by atoms with Crippen LogP contribution in [0.15, 0.2) is 237 Å². The second-order valence-corrected chi connectivity index (χ2v) is 16.6. The number of allylic oxidation sites excluding steroid dienone is 4. The Labute approximate surface area is 359 Å². The van der Waals surface area contributed by atoms with E-state index in [1.807, 2.05) is 0 Å². The van der Waals surface area contributed by atoms with E-state index in [1.54, 1.807) is 0 Å². The van der Waals surface area contributed by atoms with Gasteiger partial charge in [-0.2, -0.15) is 0 Å². The van der Waals surface area contributed by atoms with Crippen LogP contribution in [0.1, 0.15) is 35.6 Å². The van der Waals surface area contributed by atoms with Crippen molar-refractivity contribution >= 4 is 39.0 Å². The smallest absolute Gasteiger partial charge is 0.0467 e. The van der Waals surface area contributed by atoms with E-state index >= 15 is 0 Å². The maximum Gasteiger partial charge on any atom is 0.0467 e. The molecule has 0 bridgehead atoms. The summed E-state index contributed by atoms with van der Waals surface area (Å²) in [5, 5.41) is 2.51. The van der Waals surface area contributed by atoms with Gasteiger partial charge in [0.15, 0.2) is 0 Å². The summed E-state index contributed by atoms with van der Waals surface area (Å²) in [4.78, 5) is 2.40. The molecule has 9 aromatic rings. The topological polar surface area (TPSA) is 3.24 Å². The molecule has 0 radical (unpaired) electrons. The second kappa shape index (κ2) is 15.3. The molecule has 2 unspecified atom stereocenters. The minimum atomic E-state index is -0.106. The number of anilines is 3. The first-order chi connectivity index (χ1) is 30.1. The zero-order valence-electron chi connectivity index (χ0n) is 34.2. The van der Waals surface area contributed by atoms with Crippen LogP contribution in [0, 0.1) is 5.92 Å². The number of fused-ring (bicyclic) bond motifs is 4. The summed E-state index contributed by atoms with van der Waals surface area (Å²) in [6.45, 7) is 2.45. The van der Waals surface area contributed by atoms with Gasteiger partial charge in [0.1, 0.15) is 0 Å². The first kappa shape index (κ1) is 36.6. The van der Waals surface area contributed by atoms with Crippen molar-refractivity contribution < 1.29 is 0 Å². The third kappa shape index (κ3) is 6.42. The summed E-state index contributed by atoms with van der Waals surface area (Å²) in [6, 6.07) is 82.2. The van der Waals surface area contributed by atoms with Crippen LogP contribution in [-0.4, -0.2) is 0 Å². The number of rotatable bonds is 8. The highest BCUT2D eigenvalue weighted by Crippen LogP contribution is 2.58. The maximum atomic E-state index is 2.45. The molecule has 290 valence electrons. The van der Waals surface area contributed by atoms with Gasteiger partial charge in [-0.25, -0.2) is 0 Å². The van der Waals surface area contributed by atoms with Crippen LogP contribution in [-0.2, 0) is 5.41 Å². The van der Waals surface area contributed by atoms with E-state index in [0.717, 1.165) is 23.5 Å². The SMILES string of the molecule is CC1(c2ccccc2)c2ccccc2C2=C(c3ccc(N(c4ccc(-c5cccc6ccccc56)cc4)c4cccc(-c5ccc(-c6ccccc6)cc5)c4)cc3)C=CCC21. The molecule has 0 fully saturated rings. The fourth-order valence-corrected chi connectivity index (χ4v) is 10.1. The summed E-state index contributed by atoms with van der Waals surface area (Å²) >= 11 is 0. The van der Waals surface area contributed by atoms with E-state index in [9.17, 15) is 0 Å². The summed E-state index contributed by atoms with van der Waals surface area (Å²) < 4.78 is 0. The van der Waals surface area contributed by atoms with Gasteiger partial charge in [-0.1, -0.05) is 207 Å². The molecule has 2 aliphatic carbocycles. The van der Waals surface area contributed by atoms with Crippen molar-refractivity contribution in [3.63, 3.8) is 0 Å². The Balaban J connectivity index is 0.997. The molecule has 1 nitrogen and oxygen atoms in total. The van der Waals surface area contributed by atoms with E-state index in [1.165, 1.54) is 77.6 Å². The summed E-state index contributed by atoms with van der Waals surface area (Å²) in [5.41, 5.74) is 18.7. The lowest BCUT2D eigenvalue weighted by molar-refractivity contribution is 0.450. The average molecular weight is 780 g/mol. The fraction of sp³-hybridized carbons (Fsp3) is 0.0667. The fourth-order valence-electron chi connectivity index (χ4n) is 10.1. The van der Waals surface area contributed by atoms with Crippen LogP contribution in [0.4, 0.5) is 17.1 Å². The minimum Gasteiger partial charge on any atom is -0.310 e. The molecule has 9 aromatic carbocycles. The molecule has 2 atom stereocenters. The van der Waals surface area contributed by atoms with Crippen molar-refractivity contribution in [2.45, 2.75) is 18.8 Å². The molecule has 0 heterocycles. The van der Waals surface area contributed by atoms with Crippen LogP contribution in [0.2, 0.25) is 0 Å². The minimum absolute atomic E-state index is 0.106. The molecule has 61 heavy (non-hydrogen) atoms. The highest BCUT2D eigenvalue weighted by molar-refractivity contribution is 6.02. The molecule has 11 rings (SSSR count). The van der Waals surface area contributed by atoms with Crippen molar-refractivity contribution in [3.8, 4) is 33.4 Å². The van der Waals surface area contributed by atoms with Crippen LogP contribution >= 0.6 is 0 Å². The molecule has 0 saturated carbocycles. The Kier molecular flexibility index (Phi) is 9.16. The first-order valence-corrected chi connectivity index (χ1v) is 21.4. The number of hydrogen-bond acceptors (Lipinski definition) is 1. The molecule has 1 heteroatoms. The molecular weight excluding hydrogens is 735 g/mol. The lowest BCUT2D eigenvalue weighted by Gasteiger charge is -2.35. The predicted octanol–water partition coefficient (Wildman–Crippen LogP) is 16.1. The Morgan fingerprint density at radius 3 is 1.72 bits per heavy atom. The maximum absolute atomic E-state index is 2.45. The second-order valence-electron chi connectivity index (χ2n) is 16.6. The van der Waals surface area contributed by atoms with Gasteiger partial charge in [-0.05, 0) is 120 Å². The molecule has 0 spiro atoms. The van der Waals surface area contributed by atoms with Crippen LogP contribution < -0.4 is 4.90 Å². The van der Waals surface area contributed by atoms with E-state index in [-0.39, 0.29) is 5.41 Å². The lowest BCUT2D eigenvalue weighted by Crippen LogP contribution is -2.29. The van der Waals surface area contributed by atoms with Crippen LogP contribution in [0.25, 0.3) is 55.3 Å². The van der Waals surface area contributed by atoms with E-state index in [2.05, 4.69) is 248 Å². The van der Waals surface area contributed by atoms with E-state index < -0.39 is 0 Å². The number of hydrogen-bond donors (Lipinski definition) is 0. The molecule has 0 saturated heterocycles. The van der Waals surface area contributed by atoms with Crippen molar-refractivity contribution in [2.24, 2.45) is 5.92 Å². The molecule has 2 aliphatic rings. The van der Waals surface area contributed by atoms with Crippen LogP contribution in [0.5, 0.6) is 0 Å². The van der Waals surface area contributed by atoms with Gasteiger partial charge in [-0.3, -0.25) is 0 Å². The van der Waals surface area contributed by atoms with E-state index in [0.29, 0.717) is 5.92 Å². The predicted molar refractivity (Wildman–Crippen MR) is 258 cm³/mol. The third-order valence-electron chi connectivity index (χ3n) is 13.2. The molecule has 0 aliphatic heterocycles. The van der Waals surface area contributed by atoms with Gasteiger partial charge >= 0.3 is 0 Å². The Morgan fingerprint density at radius 1 is 0.426 bits per heavy atom. The number of benzene rings is 9. The van der Waals surface area contributed by atoms with Gasteiger partial charge in [0.2, 0.25) is 0 Å². The van der Waals surface area contributed by atoms with Crippen LogP contribution in [0.3, 0.4) is 0 Å². The summed E-state index contributed by atoms with van der Waals surface area (Å²) in [7, 11) is 0. The van der Waals surface area contributed by atoms with Crippen molar-refractivity contribution in [2.75, 3.05) is 4.90 Å². The molecule has 0 aromatic heterocycles. The Bertz CT molecular complexity index is 3080. The third-order valence-corrected chi connectivity index (χ3v) is 13.2. The lowest BCUT2D eigenvalue weighted by atomic mass is 9.67. The van der Waals surface area contributed by atoms with E-state index in [4.69, 9.17) is 0 Å². The van der Waals surface area contributed by atoms with Crippen molar-refractivity contribution in [1.29, 1.82) is 0 Å². The zero-order valence-corrected chi connectivity index (χ0v) is 34.2. The highest BCUT2D eigenvalue weighted by Gasteiger charge is 2.48. The normalized spacial score (nSPS) is 16.6. The number of nitrogens with zero attached hydrogens (tertiary/aromatic N) is 1. The quantitative estimate of drug-likeness (QED) is 0.148. The highest BCUT2D eigenvalue weighted by atomic mass is 15.1. The molecular formula is C60H45N. The Hall–Kier alpha value is -7.48. The summed E-state index contributed by atoms with van der Waals surface area (Å²) in [5.74, 6) is 0.355. The van der Waals surface area contributed by atoms with Gasteiger partial charge in [0.25, 0.3) is 0 Å². The van der Waals surface area contributed by atoms with Crippen molar-refractivity contribution in [3.05, 3.63) is 259 Å². The van der Waals surface area contributed by atoms with Gasteiger partial charge in [-0.15, -0.1) is 0 Å². The largest absolute Gasteiger partial charge is 0.310 e. The molecule has 0 N–H and O–H groups in total. The monoisotopic (exact) mass is 779 g/mol. The first-order valence-electron chi connectivity index (χ1n) is 21.4. The summed E-state index contributed by atoms with van der Waals surface area (Å²) in [6.07, 6.45) is 5.78. The standard InChI is InChI=1S/C60H45N/c1-60(49-20-6-3-7-21-49)57-27-11-10-24-56(57)59-55(26-14-28-58(59)60)47-35-39-51(40-36-47)61(50-37-33-46(34-38-50)54-25-13-18-45-17-8-9-23-53(45)54)52-22-12-19-48(41-52)44-31-29-43(30-32-44)42-15-4-2-5-16-42/h2-27,29-41,58H,28H2,1H3. The average Bonchev–Trinajstić information content (AvgIpc) is 3.61. The van der Waals surface area contributed by atoms with Crippen molar-refractivity contribution in [1.82, 2.24) is 0 Å². The Morgan fingerprint density at radius 2 is 0.967 bits per heavy atom. The van der Waals surface area contributed by atoms with Gasteiger partial charge in [0.05, 0.1) is 0 Å². The molecule has 0 amide bonds.